The van der Waals surface area contributed by atoms with Crippen LogP contribution in [0, 0.1) is 11.7 Å². The van der Waals surface area contributed by atoms with Gasteiger partial charge in [-0.1, -0.05) is 15.9 Å². The van der Waals surface area contributed by atoms with E-state index < -0.39 is 23.2 Å². The number of rotatable bonds is 4. The molecule has 0 radical (unpaired) electrons. The van der Waals surface area contributed by atoms with Crippen LogP contribution in [0.25, 0.3) is 0 Å². The van der Waals surface area contributed by atoms with E-state index in [9.17, 15) is 19.1 Å². The molecule has 8 heteroatoms. The summed E-state index contributed by atoms with van der Waals surface area (Å²) in [6, 6.07) is 4.57. The Morgan fingerprint density at radius 2 is 2.23 bits per heavy atom. The molecule has 2 aliphatic rings. The number of halogens is 2. The maximum absolute atomic E-state index is 14.5. The second-order valence-corrected chi connectivity index (χ2v) is 8.09. The van der Waals surface area contributed by atoms with Gasteiger partial charge in [0.25, 0.3) is 5.91 Å². The Balaban J connectivity index is 1.83. The van der Waals surface area contributed by atoms with Crippen molar-refractivity contribution in [3.8, 4) is 0 Å². The minimum absolute atomic E-state index is 0.0426. The molecule has 2 heterocycles. The van der Waals surface area contributed by atoms with Crippen LogP contribution in [0.4, 0.5) is 4.39 Å². The summed E-state index contributed by atoms with van der Waals surface area (Å²) < 4.78 is 16.8. The number of carboxylic acid groups (broad SMARTS) is 1. The van der Waals surface area contributed by atoms with E-state index in [1.165, 1.54) is 6.07 Å². The van der Waals surface area contributed by atoms with Crippen molar-refractivity contribution in [3.63, 3.8) is 0 Å². The molecule has 1 aliphatic heterocycles. The second-order valence-electron chi connectivity index (χ2n) is 7.17. The highest BCUT2D eigenvalue weighted by molar-refractivity contribution is 9.10. The van der Waals surface area contributed by atoms with Gasteiger partial charge in [0, 0.05) is 16.5 Å². The van der Waals surface area contributed by atoms with Gasteiger partial charge in [-0.25, -0.2) is 14.2 Å². The number of carboxylic acids is 1. The summed E-state index contributed by atoms with van der Waals surface area (Å²) in [6.45, 7) is 1.96. The summed E-state index contributed by atoms with van der Waals surface area (Å²) in [4.78, 5) is 28.5. The first-order chi connectivity index (χ1) is 12.3. The van der Waals surface area contributed by atoms with E-state index in [1.807, 2.05) is 0 Å². The SMILES string of the molecule is CC1(c2cc(Br)ccc2F)Cn2c(CC3CC3)nc(C(=O)O)c2C(=O)N1. The van der Waals surface area contributed by atoms with Crippen LogP contribution in [0.5, 0.6) is 0 Å². The summed E-state index contributed by atoms with van der Waals surface area (Å²) in [7, 11) is 0. The molecule has 136 valence electrons. The molecule has 2 N–H and O–H groups in total. The Labute approximate surface area is 157 Å². The van der Waals surface area contributed by atoms with Gasteiger partial charge in [-0.2, -0.15) is 0 Å². The van der Waals surface area contributed by atoms with Crippen molar-refractivity contribution in [1.82, 2.24) is 14.9 Å². The lowest BCUT2D eigenvalue weighted by Gasteiger charge is -2.37. The van der Waals surface area contributed by atoms with E-state index in [2.05, 4.69) is 26.2 Å². The van der Waals surface area contributed by atoms with E-state index in [-0.39, 0.29) is 17.9 Å². The van der Waals surface area contributed by atoms with Gasteiger partial charge in [0.2, 0.25) is 0 Å². The van der Waals surface area contributed by atoms with Gasteiger partial charge in [0.15, 0.2) is 5.69 Å². The lowest BCUT2D eigenvalue weighted by molar-refractivity contribution is 0.0678. The van der Waals surface area contributed by atoms with Crippen LogP contribution in [-0.4, -0.2) is 26.5 Å². The highest BCUT2D eigenvalue weighted by Crippen LogP contribution is 2.36. The summed E-state index contributed by atoms with van der Waals surface area (Å²) in [6.07, 6.45) is 2.78. The highest BCUT2D eigenvalue weighted by Gasteiger charge is 2.42. The molecular formula is C18H17BrFN3O3. The number of amides is 1. The van der Waals surface area contributed by atoms with Crippen LogP contribution in [0.3, 0.4) is 0 Å². The first-order valence-corrected chi connectivity index (χ1v) is 9.18. The zero-order chi connectivity index (χ0) is 18.6. The van der Waals surface area contributed by atoms with Crippen molar-refractivity contribution >= 4 is 27.8 Å². The van der Waals surface area contributed by atoms with Crippen LogP contribution < -0.4 is 5.32 Å². The monoisotopic (exact) mass is 421 g/mol. The first kappa shape index (κ1) is 17.2. The number of carbonyl (C=O) groups is 2. The average Bonchev–Trinajstić information content (AvgIpc) is 3.30. The molecule has 0 spiro atoms. The first-order valence-electron chi connectivity index (χ1n) is 8.39. The molecular weight excluding hydrogens is 405 g/mol. The molecule has 2 aromatic rings. The van der Waals surface area contributed by atoms with E-state index in [0.29, 0.717) is 28.2 Å². The molecule has 0 saturated heterocycles. The molecule has 1 unspecified atom stereocenters. The van der Waals surface area contributed by atoms with Gasteiger partial charge >= 0.3 is 5.97 Å². The fraction of sp³-hybridized carbons (Fsp3) is 0.389. The summed E-state index contributed by atoms with van der Waals surface area (Å²) >= 11 is 3.34. The van der Waals surface area contributed by atoms with Crippen molar-refractivity contribution in [3.05, 3.63) is 51.3 Å². The third-order valence-corrected chi connectivity index (χ3v) is 5.51. The Hall–Kier alpha value is -2.22. The van der Waals surface area contributed by atoms with Crippen molar-refractivity contribution < 1.29 is 19.1 Å². The van der Waals surface area contributed by atoms with E-state index in [4.69, 9.17) is 0 Å². The van der Waals surface area contributed by atoms with Crippen molar-refractivity contribution in [2.45, 2.75) is 38.3 Å². The molecule has 26 heavy (non-hydrogen) atoms. The number of imidazole rings is 1. The number of aromatic nitrogens is 2. The number of hydrogen-bond acceptors (Lipinski definition) is 3. The number of aromatic carboxylic acids is 1. The lowest BCUT2D eigenvalue weighted by atomic mass is 9.89. The van der Waals surface area contributed by atoms with Crippen molar-refractivity contribution in [2.24, 2.45) is 5.92 Å². The molecule has 1 aromatic heterocycles. The maximum Gasteiger partial charge on any atom is 0.356 e. The van der Waals surface area contributed by atoms with Gasteiger partial charge in [-0.3, -0.25) is 4.79 Å². The normalized spacial score (nSPS) is 22.0. The quantitative estimate of drug-likeness (QED) is 0.794. The van der Waals surface area contributed by atoms with E-state index in [1.54, 1.807) is 23.6 Å². The summed E-state index contributed by atoms with van der Waals surface area (Å²) in [5.41, 5.74) is -0.864. The van der Waals surface area contributed by atoms with Crippen molar-refractivity contribution in [1.29, 1.82) is 0 Å². The number of fused-ring (bicyclic) bond motifs is 1. The van der Waals surface area contributed by atoms with Gasteiger partial charge in [0.05, 0.1) is 12.1 Å². The van der Waals surface area contributed by atoms with E-state index in [0.717, 1.165) is 12.8 Å². The standard InChI is InChI=1S/C18H17BrFN3O3/c1-18(11-7-10(19)4-5-12(11)20)8-23-13(6-9-2-3-9)21-14(17(25)26)15(23)16(24)22-18/h4-5,7,9H,2-3,6,8H2,1H3,(H,22,24)(H,25,26). The minimum Gasteiger partial charge on any atom is -0.476 e. The second kappa shape index (κ2) is 5.90. The predicted octanol–water partition coefficient (Wildman–Crippen LogP) is 3.09. The van der Waals surface area contributed by atoms with Crippen LogP contribution in [0.15, 0.2) is 22.7 Å². The molecule has 1 saturated carbocycles. The molecule has 1 atom stereocenters. The third kappa shape index (κ3) is 2.82. The molecule has 6 nitrogen and oxygen atoms in total. The molecule has 1 fully saturated rings. The zero-order valence-corrected chi connectivity index (χ0v) is 15.6. The molecule has 0 bridgehead atoms. The summed E-state index contributed by atoms with van der Waals surface area (Å²) in [5.74, 6) is -1.16. The number of hydrogen-bond donors (Lipinski definition) is 2. The average molecular weight is 422 g/mol. The Morgan fingerprint density at radius 3 is 2.88 bits per heavy atom. The number of nitrogens with zero attached hydrogens (tertiary/aromatic N) is 2. The van der Waals surface area contributed by atoms with Crippen molar-refractivity contribution in [2.75, 3.05) is 0 Å². The summed E-state index contributed by atoms with van der Waals surface area (Å²) in [5, 5.41) is 12.2. The molecule has 1 amide bonds. The maximum atomic E-state index is 14.5. The Bertz CT molecular complexity index is 938. The molecule has 4 rings (SSSR count). The van der Waals surface area contributed by atoms with Crippen LogP contribution in [0.2, 0.25) is 0 Å². The topological polar surface area (TPSA) is 84.2 Å². The van der Waals surface area contributed by atoms with Gasteiger partial charge in [-0.05, 0) is 43.9 Å². The van der Waals surface area contributed by atoms with Crippen LogP contribution in [-0.2, 0) is 18.5 Å². The largest absolute Gasteiger partial charge is 0.476 e. The van der Waals surface area contributed by atoms with Gasteiger partial charge in [0.1, 0.15) is 17.3 Å². The van der Waals surface area contributed by atoms with E-state index >= 15 is 0 Å². The zero-order valence-electron chi connectivity index (χ0n) is 14.1. The highest BCUT2D eigenvalue weighted by atomic mass is 79.9. The third-order valence-electron chi connectivity index (χ3n) is 5.02. The van der Waals surface area contributed by atoms with Crippen LogP contribution in [0.1, 0.15) is 52.1 Å². The number of nitrogens with one attached hydrogen (secondary N) is 1. The fourth-order valence-electron chi connectivity index (χ4n) is 3.52. The minimum atomic E-state index is -1.23. The van der Waals surface area contributed by atoms with Crippen LogP contribution >= 0.6 is 15.9 Å². The van der Waals surface area contributed by atoms with Gasteiger partial charge in [-0.15, -0.1) is 0 Å². The Morgan fingerprint density at radius 1 is 1.50 bits per heavy atom. The van der Waals surface area contributed by atoms with Gasteiger partial charge < -0.3 is 15.0 Å². The smallest absolute Gasteiger partial charge is 0.356 e. The fourth-order valence-corrected chi connectivity index (χ4v) is 3.88. The number of benzene rings is 1. The number of carbonyl (C=O) groups excluding carboxylic acids is 1. The predicted molar refractivity (Wildman–Crippen MR) is 94.5 cm³/mol. The Kier molecular flexibility index (Phi) is 3.91. The molecule has 1 aliphatic carbocycles. The molecule has 1 aromatic carbocycles. The lowest BCUT2D eigenvalue weighted by Crippen LogP contribution is -2.52.